The van der Waals surface area contributed by atoms with Gasteiger partial charge in [-0.2, -0.15) is 0 Å². The summed E-state index contributed by atoms with van der Waals surface area (Å²) in [6.45, 7) is 9.22. The lowest BCUT2D eigenvalue weighted by Gasteiger charge is -1.97. The Bertz CT molecular complexity index is 175. The summed E-state index contributed by atoms with van der Waals surface area (Å²) in [4.78, 5) is 11.1. The second-order valence-corrected chi connectivity index (χ2v) is 2.53. The average molecular weight is 138 g/mol. The summed E-state index contributed by atoms with van der Waals surface area (Å²) < 4.78 is 0. The monoisotopic (exact) mass is 138 g/mol. The Hall–Kier alpha value is -0.850. The minimum Gasteiger partial charge on any atom is -0.294 e. The lowest BCUT2D eigenvalue weighted by molar-refractivity contribution is -0.114. The smallest absolute Gasteiger partial charge is 0.162 e. The van der Waals surface area contributed by atoms with Gasteiger partial charge in [0, 0.05) is 6.42 Å². The molecule has 0 atom stereocenters. The highest BCUT2D eigenvalue weighted by molar-refractivity contribution is 5.96. The molecule has 0 amide bonds. The predicted octanol–water partition coefficient (Wildman–Crippen LogP) is 2.49. The van der Waals surface area contributed by atoms with E-state index in [4.69, 9.17) is 0 Å². The van der Waals surface area contributed by atoms with Crippen LogP contribution in [0.1, 0.15) is 27.2 Å². The summed E-state index contributed by atoms with van der Waals surface area (Å²) in [5.41, 5.74) is 1.74. The minimum absolute atomic E-state index is 0.176. The summed E-state index contributed by atoms with van der Waals surface area (Å²) in [6, 6.07) is 0. The van der Waals surface area contributed by atoms with Gasteiger partial charge in [-0.3, -0.25) is 4.79 Å². The van der Waals surface area contributed by atoms with E-state index in [1.54, 1.807) is 0 Å². The van der Waals surface area contributed by atoms with E-state index in [9.17, 15) is 4.79 Å². The van der Waals surface area contributed by atoms with Crippen molar-refractivity contribution in [2.45, 2.75) is 27.2 Å². The summed E-state index contributed by atoms with van der Waals surface area (Å²) in [5.74, 6) is 0.176. The van der Waals surface area contributed by atoms with Crippen LogP contribution in [0, 0.1) is 0 Å². The molecule has 0 aromatic rings. The number of hydrogen-bond donors (Lipinski definition) is 0. The first-order valence-electron chi connectivity index (χ1n) is 3.38. The average Bonchev–Trinajstić information content (AvgIpc) is 1.85. The fraction of sp³-hybridized carbons (Fsp3) is 0.444. The molecule has 0 rings (SSSR count). The molecule has 0 fully saturated rings. The maximum absolute atomic E-state index is 11.1. The van der Waals surface area contributed by atoms with Gasteiger partial charge in [0.25, 0.3) is 0 Å². The van der Waals surface area contributed by atoms with Gasteiger partial charge in [0.2, 0.25) is 0 Å². The number of Topliss-reactive ketones (excluding diaryl/α,β-unsaturated/α-hetero) is 1. The highest BCUT2D eigenvalue weighted by Crippen LogP contribution is 2.03. The number of ketones is 1. The van der Waals surface area contributed by atoms with Gasteiger partial charge in [-0.25, -0.2) is 0 Å². The van der Waals surface area contributed by atoms with Crippen LogP contribution in [0.3, 0.4) is 0 Å². The van der Waals surface area contributed by atoms with Crippen molar-refractivity contribution in [1.29, 1.82) is 0 Å². The van der Waals surface area contributed by atoms with Crippen molar-refractivity contribution in [2.75, 3.05) is 0 Å². The first-order valence-corrected chi connectivity index (χ1v) is 3.38. The Morgan fingerprint density at radius 1 is 1.50 bits per heavy atom. The topological polar surface area (TPSA) is 17.1 Å². The molecule has 0 aliphatic heterocycles. The number of rotatable bonds is 3. The molecule has 0 spiro atoms. The van der Waals surface area contributed by atoms with E-state index in [0.717, 1.165) is 11.1 Å². The normalized spacial score (nSPS) is 11.3. The Labute approximate surface area is 62.4 Å². The Balaban J connectivity index is 3.99. The Morgan fingerprint density at radius 3 is 2.30 bits per heavy atom. The molecule has 0 heterocycles. The standard InChI is InChI=1S/C9H14O/c1-5-8(4)9(10)6-7(2)3/h5H,2,6H2,1,3-4H3. The summed E-state index contributed by atoms with van der Waals surface area (Å²) in [6.07, 6.45) is 2.31. The van der Waals surface area contributed by atoms with Crippen molar-refractivity contribution < 1.29 is 4.79 Å². The van der Waals surface area contributed by atoms with Crippen LogP contribution in [0.5, 0.6) is 0 Å². The predicted molar refractivity (Wildman–Crippen MR) is 43.9 cm³/mol. The van der Waals surface area contributed by atoms with E-state index >= 15 is 0 Å². The SMILES string of the molecule is C=C(C)CC(=O)C(C)=CC. The van der Waals surface area contributed by atoms with Crippen LogP contribution in [0.4, 0.5) is 0 Å². The van der Waals surface area contributed by atoms with Crippen LogP contribution < -0.4 is 0 Å². The molecule has 10 heavy (non-hydrogen) atoms. The molecule has 0 aliphatic carbocycles. The van der Waals surface area contributed by atoms with Gasteiger partial charge in [-0.15, -0.1) is 0 Å². The third-order valence-electron chi connectivity index (χ3n) is 1.34. The first kappa shape index (κ1) is 9.15. The van der Waals surface area contributed by atoms with E-state index in [-0.39, 0.29) is 5.78 Å². The summed E-state index contributed by atoms with van der Waals surface area (Å²) >= 11 is 0. The van der Waals surface area contributed by atoms with E-state index in [1.165, 1.54) is 0 Å². The van der Waals surface area contributed by atoms with Gasteiger partial charge in [-0.05, 0) is 26.3 Å². The number of allylic oxidation sites excluding steroid dienone is 3. The molecule has 0 aromatic heterocycles. The van der Waals surface area contributed by atoms with E-state index < -0.39 is 0 Å². The molecular formula is C9H14O. The zero-order valence-electron chi connectivity index (χ0n) is 6.90. The second kappa shape index (κ2) is 4.04. The third-order valence-corrected chi connectivity index (χ3v) is 1.34. The molecule has 0 saturated carbocycles. The minimum atomic E-state index is 0.176. The van der Waals surface area contributed by atoms with Gasteiger partial charge in [0.05, 0.1) is 0 Å². The van der Waals surface area contributed by atoms with Crippen molar-refractivity contribution in [3.8, 4) is 0 Å². The molecule has 0 N–H and O–H groups in total. The molecular weight excluding hydrogens is 124 g/mol. The summed E-state index contributed by atoms with van der Waals surface area (Å²) in [7, 11) is 0. The molecule has 0 radical (unpaired) electrons. The fourth-order valence-corrected chi connectivity index (χ4v) is 0.574. The lowest BCUT2D eigenvalue weighted by atomic mass is 10.1. The molecule has 56 valence electrons. The molecule has 0 aliphatic rings. The van der Waals surface area contributed by atoms with Crippen LogP contribution >= 0.6 is 0 Å². The largest absolute Gasteiger partial charge is 0.294 e. The zero-order valence-corrected chi connectivity index (χ0v) is 6.90. The van der Waals surface area contributed by atoms with Crippen molar-refractivity contribution in [1.82, 2.24) is 0 Å². The molecule has 0 saturated heterocycles. The van der Waals surface area contributed by atoms with Gasteiger partial charge >= 0.3 is 0 Å². The molecule has 1 nitrogen and oxygen atoms in total. The Morgan fingerprint density at radius 2 is 2.00 bits per heavy atom. The highest BCUT2D eigenvalue weighted by atomic mass is 16.1. The van der Waals surface area contributed by atoms with Gasteiger partial charge < -0.3 is 0 Å². The van der Waals surface area contributed by atoms with Gasteiger partial charge in [0.1, 0.15) is 0 Å². The lowest BCUT2D eigenvalue weighted by Crippen LogP contribution is -1.98. The maximum atomic E-state index is 11.1. The zero-order chi connectivity index (χ0) is 8.15. The molecule has 0 aromatic carbocycles. The van der Waals surface area contributed by atoms with E-state index in [0.29, 0.717) is 6.42 Å². The first-order chi connectivity index (χ1) is 4.57. The maximum Gasteiger partial charge on any atom is 0.162 e. The number of carbonyl (C=O) groups excluding carboxylic acids is 1. The molecule has 1 heteroatoms. The number of hydrogen-bond acceptors (Lipinski definition) is 1. The van der Waals surface area contributed by atoms with Crippen LogP contribution in [0.15, 0.2) is 23.8 Å². The molecule has 0 bridgehead atoms. The molecule has 0 unspecified atom stereocenters. The van der Waals surface area contributed by atoms with Crippen molar-refractivity contribution in [3.05, 3.63) is 23.8 Å². The third kappa shape index (κ3) is 3.23. The van der Waals surface area contributed by atoms with Crippen LogP contribution in [-0.2, 0) is 4.79 Å². The summed E-state index contributed by atoms with van der Waals surface area (Å²) in [5, 5.41) is 0. The highest BCUT2D eigenvalue weighted by Gasteiger charge is 2.01. The quantitative estimate of drug-likeness (QED) is 0.432. The van der Waals surface area contributed by atoms with Gasteiger partial charge in [-0.1, -0.05) is 18.2 Å². The fourth-order valence-electron chi connectivity index (χ4n) is 0.574. The van der Waals surface area contributed by atoms with E-state index in [2.05, 4.69) is 6.58 Å². The second-order valence-electron chi connectivity index (χ2n) is 2.53. The van der Waals surface area contributed by atoms with Crippen molar-refractivity contribution >= 4 is 5.78 Å². The van der Waals surface area contributed by atoms with Crippen molar-refractivity contribution in [3.63, 3.8) is 0 Å². The number of carbonyl (C=O) groups is 1. The van der Waals surface area contributed by atoms with Crippen LogP contribution in [0.2, 0.25) is 0 Å². The van der Waals surface area contributed by atoms with Crippen LogP contribution in [0.25, 0.3) is 0 Å². The van der Waals surface area contributed by atoms with Crippen molar-refractivity contribution in [2.24, 2.45) is 0 Å². The van der Waals surface area contributed by atoms with Gasteiger partial charge in [0.15, 0.2) is 5.78 Å². The Kier molecular flexibility index (Phi) is 3.70. The van der Waals surface area contributed by atoms with E-state index in [1.807, 2.05) is 26.8 Å². The van der Waals surface area contributed by atoms with Crippen LogP contribution in [-0.4, -0.2) is 5.78 Å².